The molecule has 0 spiro atoms. The summed E-state index contributed by atoms with van der Waals surface area (Å²) >= 11 is 0. The molecule has 1 heterocycles. The normalized spacial score (nSPS) is 34.9. The van der Waals surface area contributed by atoms with Crippen LogP contribution in [0.1, 0.15) is 38.5 Å². The van der Waals surface area contributed by atoms with Gasteiger partial charge in [0.15, 0.2) is 0 Å². The molecular formula is C11H22N2O. The van der Waals surface area contributed by atoms with E-state index >= 15 is 0 Å². The minimum Gasteiger partial charge on any atom is -0.392 e. The standard InChI is InChI=1S/C11H22N2O/c14-11-6-10(13-8-11)7-12-9-4-2-1-3-5-9/h9-14H,1-8H2/t10-,11+/m0/s1. The summed E-state index contributed by atoms with van der Waals surface area (Å²) in [6.45, 7) is 1.80. The maximum absolute atomic E-state index is 9.35. The number of aliphatic hydroxyl groups excluding tert-OH is 1. The lowest BCUT2D eigenvalue weighted by Crippen LogP contribution is -2.40. The van der Waals surface area contributed by atoms with Crippen LogP contribution in [0.25, 0.3) is 0 Å². The summed E-state index contributed by atoms with van der Waals surface area (Å²) in [5.41, 5.74) is 0. The van der Waals surface area contributed by atoms with E-state index in [4.69, 9.17) is 0 Å². The Kier molecular flexibility index (Phi) is 3.79. The first-order valence-corrected chi connectivity index (χ1v) is 5.99. The number of aliphatic hydroxyl groups is 1. The fourth-order valence-corrected chi connectivity index (χ4v) is 2.57. The van der Waals surface area contributed by atoms with Crippen molar-refractivity contribution in [2.24, 2.45) is 0 Å². The first-order valence-electron chi connectivity index (χ1n) is 5.99. The maximum atomic E-state index is 9.35. The number of hydrogen-bond donors (Lipinski definition) is 3. The smallest absolute Gasteiger partial charge is 0.0680 e. The van der Waals surface area contributed by atoms with Crippen LogP contribution in [0.15, 0.2) is 0 Å². The summed E-state index contributed by atoms with van der Waals surface area (Å²) in [5, 5.41) is 16.3. The zero-order valence-electron chi connectivity index (χ0n) is 8.84. The van der Waals surface area contributed by atoms with Gasteiger partial charge in [0.1, 0.15) is 0 Å². The summed E-state index contributed by atoms with van der Waals surface area (Å²) in [5.74, 6) is 0. The third-order valence-corrected chi connectivity index (χ3v) is 3.46. The summed E-state index contributed by atoms with van der Waals surface area (Å²) < 4.78 is 0. The molecule has 82 valence electrons. The van der Waals surface area contributed by atoms with Gasteiger partial charge in [-0.1, -0.05) is 19.3 Å². The van der Waals surface area contributed by atoms with E-state index in [1.807, 2.05) is 0 Å². The molecule has 1 saturated carbocycles. The molecule has 0 bridgehead atoms. The minimum absolute atomic E-state index is 0.117. The zero-order chi connectivity index (χ0) is 9.80. The van der Waals surface area contributed by atoms with E-state index in [1.165, 1.54) is 32.1 Å². The predicted octanol–water partition coefficient (Wildman–Crippen LogP) is 0.631. The number of β-amino-alcohol motifs (C(OH)–C–C–N with tert-alkyl or cyclic N) is 1. The molecule has 0 aromatic rings. The van der Waals surface area contributed by atoms with Gasteiger partial charge in [-0.15, -0.1) is 0 Å². The Bertz CT molecular complexity index is 164. The van der Waals surface area contributed by atoms with Crippen molar-refractivity contribution in [2.45, 2.75) is 56.7 Å². The molecule has 3 nitrogen and oxygen atoms in total. The molecule has 14 heavy (non-hydrogen) atoms. The highest BCUT2D eigenvalue weighted by molar-refractivity contribution is 4.84. The third kappa shape index (κ3) is 2.94. The highest BCUT2D eigenvalue weighted by atomic mass is 16.3. The second-order valence-corrected chi connectivity index (χ2v) is 4.74. The van der Waals surface area contributed by atoms with Crippen LogP contribution in [0.4, 0.5) is 0 Å². The third-order valence-electron chi connectivity index (χ3n) is 3.46. The van der Waals surface area contributed by atoms with Gasteiger partial charge in [0.05, 0.1) is 6.10 Å². The van der Waals surface area contributed by atoms with Gasteiger partial charge in [-0.3, -0.25) is 0 Å². The van der Waals surface area contributed by atoms with Crippen LogP contribution in [0.2, 0.25) is 0 Å². The number of rotatable bonds is 3. The van der Waals surface area contributed by atoms with E-state index in [2.05, 4.69) is 10.6 Å². The van der Waals surface area contributed by atoms with Gasteiger partial charge >= 0.3 is 0 Å². The Balaban J connectivity index is 1.61. The van der Waals surface area contributed by atoms with Crippen molar-refractivity contribution >= 4 is 0 Å². The molecule has 1 aliphatic carbocycles. The monoisotopic (exact) mass is 198 g/mol. The molecule has 0 radical (unpaired) electrons. The molecule has 1 aliphatic heterocycles. The Hall–Kier alpha value is -0.120. The Morgan fingerprint density at radius 3 is 2.64 bits per heavy atom. The summed E-state index contributed by atoms with van der Waals surface area (Å²) in [4.78, 5) is 0. The van der Waals surface area contributed by atoms with Gasteiger partial charge in [0.25, 0.3) is 0 Å². The van der Waals surface area contributed by atoms with E-state index in [-0.39, 0.29) is 6.10 Å². The van der Waals surface area contributed by atoms with Crippen molar-refractivity contribution in [3.05, 3.63) is 0 Å². The first kappa shape index (κ1) is 10.4. The molecule has 0 aromatic heterocycles. The van der Waals surface area contributed by atoms with Crippen LogP contribution in [0.3, 0.4) is 0 Å². The van der Waals surface area contributed by atoms with E-state index in [1.54, 1.807) is 0 Å². The molecule has 0 unspecified atom stereocenters. The SMILES string of the molecule is O[C@H]1CN[C@H](CNC2CCCCC2)C1. The van der Waals surface area contributed by atoms with E-state index in [9.17, 15) is 5.11 Å². The lowest BCUT2D eigenvalue weighted by atomic mass is 9.95. The first-order chi connectivity index (χ1) is 6.84. The molecule has 3 heteroatoms. The second-order valence-electron chi connectivity index (χ2n) is 4.74. The second kappa shape index (κ2) is 5.10. The van der Waals surface area contributed by atoms with Gasteiger partial charge in [0, 0.05) is 25.2 Å². The summed E-state index contributed by atoms with van der Waals surface area (Å²) in [6, 6.07) is 1.23. The van der Waals surface area contributed by atoms with Crippen molar-refractivity contribution in [1.82, 2.24) is 10.6 Å². The molecular weight excluding hydrogens is 176 g/mol. The highest BCUT2D eigenvalue weighted by Gasteiger charge is 2.22. The lowest BCUT2D eigenvalue weighted by molar-refractivity contribution is 0.192. The van der Waals surface area contributed by atoms with Crippen LogP contribution in [0, 0.1) is 0 Å². The van der Waals surface area contributed by atoms with Crippen molar-refractivity contribution in [3.63, 3.8) is 0 Å². The minimum atomic E-state index is -0.117. The molecule has 2 aliphatic rings. The molecule has 2 fully saturated rings. The predicted molar refractivity (Wildman–Crippen MR) is 57.3 cm³/mol. The quantitative estimate of drug-likeness (QED) is 0.623. The van der Waals surface area contributed by atoms with Gasteiger partial charge in [-0.25, -0.2) is 0 Å². The van der Waals surface area contributed by atoms with Crippen LogP contribution >= 0.6 is 0 Å². The Morgan fingerprint density at radius 1 is 1.21 bits per heavy atom. The fourth-order valence-electron chi connectivity index (χ4n) is 2.57. The Labute approximate surface area is 86.3 Å². The average Bonchev–Trinajstić information content (AvgIpc) is 2.63. The van der Waals surface area contributed by atoms with Gasteiger partial charge in [-0.2, -0.15) is 0 Å². The van der Waals surface area contributed by atoms with Gasteiger partial charge in [-0.05, 0) is 19.3 Å². The number of hydrogen-bond acceptors (Lipinski definition) is 3. The van der Waals surface area contributed by atoms with Crippen molar-refractivity contribution in [3.8, 4) is 0 Å². The molecule has 0 aromatic carbocycles. The molecule has 0 amide bonds. The summed E-state index contributed by atoms with van der Waals surface area (Å²) in [7, 11) is 0. The van der Waals surface area contributed by atoms with Crippen LogP contribution < -0.4 is 10.6 Å². The van der Waals surface area contributed by atoms with E-state index in [0.717, 1.165) is 25.6 Å². The lowest BCUT2D eigenvalue weighted by Gasteiger charge is -2.24. The molecule has 1 saturated heterocycles. The van der Waals surface area contributed by atoms with Crippen molar-refractivity contribution in [1.29, 1.82) is 0 Å². The van der Waals surface area contributed by atoms with Crippen LogP contribution in [0.5, 0.6) is 0 Å². The van der Waals surface area contributed by atoms with Crippen LogP contribution in [-0.2, 0) is 0 Å². The summed E-state index contributed by atoms with van der Waals surface area (Å²) in [6.07, 6.45) is 7.67. The zero-order valence-corrected chi connectivity index (χ0v) is 8.84. The molecule has 2 rings (SSSR count). The van der Waals surface area contributed by atoms with E-state index in [0.29, 0.717) is 6.04 Å². The molecule has 3 N–H and O–H groups in total. The topological polar surface area (TPSA) is 44.3 Å². The van der Waals surface area contributed by atoms with E-state index < -0.39 is 0 Å². The number of nitrogens with one attached hydrogen (secondary N) is 2. The van der Waals surface area contributed by atoms with Crippen molar-refractivity contribution < 1.29 is 5.11 Å². The molecule has 2 atom stereocenters. The Morgan fingerprint density at radius 2 is 2.00 bits per heavy atom. The van der Waals surface area contributed by atoms with Crippen LogP contribution in [-0.4, -0.2) is 36.4 Å². The fraction of sp³-hybridized carbons (Fsp3) is 1.00. The highest BCUT2D eigenvalue weighted by Crippen LogP contribution is 2.17. The van der Waals surface area contributed by atoms with Gasteiger partial charge in [0.2, 0.25) is 0 Å². The largest absolute Gasteiger partial charge is 0.392 e. The average molecular weight is 198 g/mol. The maximum Gasteiger partial charge on any atom is 0.0680 e. The van der Waals surface area contributed by atoms with Crippen molar-refractivity contribution in [2.75, 3.05) is 13.1 Å². The van der Waals surface area contributed by atoms with Gasteiger partial charge < -0.3 is 15.7 Å².